The summed E-state index contributed by atoms with van der Waals surface area (Å²) < 4.78 is 0. The average molecular weight is 288 g/mol. The second kappa shape index (κ2) is 4.36. The van der Waals surface area contributed by atoms with Crippen molar-refractivity contribution in [3.63, 3.8) is 0 Å². The largest absolute Gasteiger partial charge is 0.299 e. The summed E-state index contributed by atoms with van der Waals surface area (Å²) in [5.74, 6) is 8.43. The minimum atomic E-state index is 0.162. The van der Waals surface area contributed by atoms with Crippen LogP contribution in [-0.4, -0.2) is 5.78 Å². The summed E-state index contributed by atoms with van der Waals surface area (Å²) in [6.45, 7) is 11.6. The second-order valence-corrected chi connectivity index (χ2v) is 10.1. The summed E-state index contributed by atoms with van der Waals surface area (Å²) in [4.78, 5) is 12.8. The molecule has 21 heavy (non-hydrogen) atoms. The maximum atomic E-state index is 12.8. The Kier molecular flexibility index (Phi) is 2.96. The summed E-state index contributed by atoms with van der Waals surface area (Å²) >= 11 is 0. The maximum Gasteiger partial charge on any atom is 0.136 e. The molecule has 0 aromatic heterocycles. The van der Waals surface area contributed by atoms with Crippen LogP contribution in [0.2, 0.25) is 0 Å². The molecule has 9 unspecified atom stereocenters. The lowest BCUT2D eigenvalue weighted by atomic mass is 9.61. The molecule has 0 aromatic rings. The van der Waals surface area contributed by atoms with E-state index in [4.69, 9.17) is 0 Å². The highest BCUT2D eigenvalue weighted by atomic mass is 16.1. The third-order valence-electron chi connectivity index (χ3n) is 7.96. The molecule has 0 aliphatic heterocycles. The Balaban J connectivity index is 1.54. The van der Waals surface area contributed by atoms with Crippen molar-refractivity contribution >= 4 is 5.78 Å². The Morgan fingerprint density at radius 2 is 1.52 bits per heavy atom. The molecule has 118 valence electrons. The number of hydrogen-bond donors (Lipinski definition) is 0. The van der Waals surface area contributed by atoms with E-state index in [-0.39, 0.29) is 5.41 Å². The molecule has 4 aliphatic rings. The summed E-state index contributed by atoms with van der Waals surface area (Å²) in [6.07, 6.45) is 4.91. The first-order valence-electron chi connectivity index (χ1n) is 9.30. The monoisotopic (exact) mass is 288 g/mol. The van der Waals surface area contributed by atoms with Crippen LogP contribution in [0, 0.1) is 58.7 Å². The zero-order valence-corrected chi connectivity index (χ0v) is 14.4. The van der Waals surface area contributed by atoms with Gasteiger partial charge in [-0.25, -0.2) is 0 Å². The molecule has 0 N–H and O–H groups in total. The minimum absolute atomic E-state index is 0.162. The van der Waals surface area contributed by atoms with Gasteiger partial charge in [0.05, 0.1) is 0 Å². The third kappa shape index (κ3) is 1.91. The van der Waals surface area contributed by atoms with Crippen molar-refractivity contribution in [3.05, 3.63) is 0 Å². The fraction of sp³-hybridized carbons (Fsp3) is 0.950. The molecule has 4 fully saturated rings. The standard InChI is InChI=1S/C20H32O/c1-10-11(2)14-8-13(10)18-12-6-15(16(7-12)19(14)18)17(21)9-20(3,4)5/h10-16,18-19H,6-9H2,1-5H3. The highest BCUT2D eigenvalue weighted by Gasteiger charge is 2.66. The van der Waals surface area contributed by atoms with Crippen LogP contribution in [0.5, 0.6) is 0 Å². The Hall–Kier alpha value is -0.330. The van der Waals surface area contributed by atoms with Gasteiger partial charge in [0.15, 0.2) is 0 Å². The molecule has 9 atom stereocenters. The Labute approximate surface area is 130 Å². The number of ketones is 1. The Bertz CT molecular complexity index is 459. The topological polar surface area (TPSA) is 17.1 Å². The molecular formula is C20H32O. The smallest absolute Gasteiger partial charge is 0.136 e. The van der Waals surface area contributed by atoms with Crippen molar-refractivity contribution in [2.24, 2.45) is 58.7 Å². The number of rotatable bonds is 2. The van der Waals surface area contributed by atoms with Crippen molar-refractivity contribution in [1.82, 2.24) is 0 Å². The summed E-state index contributed by atoms with van der Waals surface area (Å²) in [5.41, 5.74) is 0.162. The molecule has 0 heterocycles. The van der Waals surface area contributed by atoms with E-state index in [1.54, 1.807) is 0 Å². The average Bonchev–Trinajstić information content (AvgIpc) is 3.07. The first-order valence-corrected chi connectivity index (χ1v) is 9.30. The van der Waals surface area contributed by atoms with Gasteiger partial charge in [-0.05, 0) is 72.0 Å². The van der Waals surface area contributed by atoms with E-state index in [0.29, 0.717) is 11.7 Å². The van der Waals surface area contributed by atoms with Gasteiger partial charge in [-0.2, -0.15) is 0 Å². The lowest BCUT2D eigenvalue weighted by Gasteiger charge is -2.43. The zero-order chi connectivity index (χ0) is 15.1. The first kappa shape index (κ1) is 14.3. The van der Waals surface area contributed by atoms with Crippen molar-refractivity contribution in [3.8, 4) is 0 Å². The normalized spacial score (nSPS) is 54.2. The molecule has 0 saturated heterocycles. The predicted octanol–water partition coefficient (Wildman–Crippen LogP) is 4.80. The van der Waals surface area contributed by atoms with Gasteiger partial charge in [0, 0.05) is 12.3 Å². The van der Waals surface area contributed by atoms with Crippen molar-refractivity contribution in [2.45, 2.75) is 60.3 Å². The third-order valence-corrected chi connectivity index (χ3v) is 7.96. The summed E-state index contributed by atoms with van der Waals surface area (Å²) in [6, 6.07) is 0. The van der Waals surface area contributed by atoms with Gasteiger partial charge in [-0.3, -0.25) is 4.79 Å². The van der Waals surface area contributed by atoms with Crippen molar-refractivity contribution in [2.75, 3.05) is 0 Å². The highest BCUT2D eigenvalue weighted by molar-refractivity contribution is 5.82. The van der Waals surface area contributed by atoms with Crippen LogP contribution in [0.1, 0.15) is 60.3 Å². The van der Waals surface area contributed by atoms with Crippen LogP contribution >= 0.6 is 0 Å². The van der Waals surface area contributed by atoms with Gasteiger partial charge in [-0.15, -0.1) is 0 Å². The van der Waals surface area contributed by atoms with E-state index in [2.05, 4.69) is 34.6 Å². The molecule has 4 bridgehead atoms. The molecule has 4 saturated carbocycles. The van der Waals surface area contributed by atoms with Crippen LogP contribution in [0.4, 0.5) is 0 Å². The van der Waals surface area contributed by atoms with E-state index in [1.807, 2.05) is 0 Å². The van der Waals surface area contributed by atoms with Gasteiger partial charge in [0.2, 0.25) is 0 Å². The maximum absolute atomic E-state index is 12.8. The van der Waals surface area contributed by atoms with E-state index in [1.165, 1.54) is 19.3 Å². The minimum Gasteiger partial charge on any atom is -0.299 e. The molecule has 0 amide bonds. The molecule has 0 spiro atoms. The van der Waals surface area contributed by atoms with Crippen molar-refractivity contribution in [1.29, 1.82) is 0 Å². The predicted molar refractivity (Wildman–Crippen MR) is 85.7 cm³/mol. The molecule has 0 radical (unpaired) electrons. The van der Waals surface area contributed by atoms with E-state index in [0.717, 1.165) is 53.8 Å². The molecule has 4 aliphatic carbocycles. The molecule has 1 nitrogen and oxygen atoms in total. The molecule has 1 heteroatoms. The number of carbonyl (C=O) groups is 1. The summed E-state index contributed by atoms with van der Waals surface area (Å²) in [7, 11) is 0. The number of fused-ring (bicyclic) bond motifs is 9. The van der Waals surface area contributed by atoms with Crippen molar-refractivity contribution < 1.29 is 4.79 Å². The molecule has 4 rings (SSSR count). The van der Waals surface area contributed by atoms with Gasteiger partial charge in [-0.1, -0.05) is 34.6 Å². The van der Waals surface area contributed by atoms with Gasteiger partial charge in [0.25, 0.3) is 0 Å². The van der Waals surface area contributed by atoms with E-state index >= 15 is 0 Å². The van der Waals surface area contributed by atoms with E-state index < -0.39 is 0 Å². The van der Waals surface area contributed by atoms with Gasteiger partial charge in [0.1, 0.15) is 5.78 Å². The van der Waals surface area contributed by atoms with Crippen LogP contribution in [0.25, 0.3) is 0 Å². The number of hydrogen-bond acceptors (Lipinski definition) is 1. The van der Waals surface area contributed by atoms with E-state index in [9.17, 15) is 4.79 Å². The number of carbonyl (C=O) groups excluding carboxylic acids is 1. The fourth-order valence-corrected chi connectivity index (χ4v) is 7.25. The Morgan fingerprint density at radius 3 is 2.14 bits per heavy atom. The number of Topliss-reactive ketones (excluding diaryl/α,β-unsaturated/α-hetero) is 1. The SMILES string of the molecule is CC1C(C)C2CC1C1C3CC(C(=O)CC(C)(C)C)C(C3)C21. The molecular weight excluding hydrogens is 256 g/mol. The quantitative estimate of drug-likeness (QED) is 0.667. The summed E-state index contributed by atoms with van der Waals surface area (Å²) in [5, 5.41) is 0. The van der Waals surface area contributed by atoms with Crippen LogP contribution in [0.3, 0.4) is 0 Å². The van der Waals surface area contributed by atoms with Gasteiger partial charge < -0.3 is 0 Å². The first-order chi connectivity index (χ1) is 9.78. The van der Waals surface area contributed by atoms with Crippen LogP contribution < -0.4 is 0 Å². The fourth-order valence-electron chi connectivity index (χ4n) is 7.25. The lowest BCUT2D eigenvalue weighted by molar-refractivity contribution is -0.128. The lowest BCUT2D eigenvalue weighted by Crippen LogP contribution is -2.41. The second-order valence-electron chi connectivity index (χ2n) is 10.1. The van der Waals surface area contributed by atoms with Crippen LogP contribution in [-0.2, 0) is 4.79 Å². The molecule has 0 aromatic carbocycles. The Morgan fingerprint density at radius 1 is 0.905 bits per heavy atom. The van der Waals surface area contributed by atoms with Crippen LogP contribution in [0.15, 0.2) is 0 Å². The highest BCUT2D eigenvalue weighted by Crippen LogP contribution is 2.71. The van der Waals surface area contributed by atoms with Gasteiger partial charge >= 0.3 is 0 Å². The zero-order valence-electron chi connectivity index (χ0n) is 14.4.